The molecule has 0 bridgehead atoms. The number of carbonyl (C=O) groups is 1. The molecule has 4 nitrogen and oxygen atoms in total. The zero-order valence-corrected chi connectivity index (χ0v) is 12.0. The lowest BCUT2D eigenvalue weighted by Crippen LogP contribution is -2.21. The first-order valence-corrected chi connectivity index (χ1v) is 6.45. The number of nitrogens with zero attached hydrogens (tertiary/aromatic N) is 1. The highest BCUT2D eigenvalue weighted by Gasteiger charge is 2.18. The Morgan fingerprint density at radius 3 is 2.79 bits per heavy atom. The molecule has 0 saturated carbocycles. The first kappa shape index (κ1) is 15.3. The van der Waals surface area contributed by atoms with Crippen molar-refractivity contribution in [1.29, 1.82) is 5.26 Å². The van der Waals surface area contributed by atoms with Crippen molar-refractivity contribution in [3.63, 3.8) is 0 Å². The zero-order valence-electron chi connectivity index (χ0n) is 11.3. The summed E-state index contributed by atoms with van der Waals surface area (Å²) in [6.07, 6.45) is 1.32. The third-order valence-electron chi connectivity index (χ3n) is 2.79. The second-order valence-corrected chi connectivity index (χ2v) is 4.67. The van der Waals surface area contributed by atoms with Crippen molar-refractivity contribution in [3.8, 4) is 11.8 Å². The van der Waals surface area contributed by atoms with E-state index in [2.05, 4.69) is 5.32 Å². The van der Waals surface area contributed by atoms with Crippen molar-refractivity contribution in [1.82, 2.24) is 0 Å². The van der Waals surface area contributed by atoms with Gasteiger partial charge in [0.05, 0.1) is 18.9 Å². The van der Waals surface area contributed by atoms with Crippen molar-refractivity contribution < 1.29 is 9.53 Å². The molecule has 102 valence electrons. The molecule has 1 aromatic carbocycles. The van der Waals surface area contributed by atoms with Crippen molar-refractivity contribution in [2.24, 2.45) is 5.92 Å². The fourth-order valence-corrected chi connectivity index (χ4v) is 1.85. The number of halogens is 1. The zero-order chi connectivity index (χ0) is 14.4. The second kappa shape index (κ2) is 7.01. The van der Waals surface area contributed by atoms with Crippen LogP contribution < -0.4 is 10.1 Å². The lowest BCUT2D eigenvalue weighted by atomic mass is 10.0. The fraction of sp³-hybridized carbons (Fsp3) is 0.429. The van der Waals surface area contributed by atoms with Crippen LogP contribution in [-0.4, -0.2) is 13.0 Å². The fourth-order valence-electron chi connectivity index (χ4n) is 1.69. The van der Waals surface area contributed by atoms with Crippen LogP contribution in [0.3, 0.4) is 0 Å². The molecule has 5 heteroatoms. The van der Waals surface area contributed by atoms with Gasteiger partial charge in [0.15, 0.2) is 0 Å². The van der Waals surface area contributed by atoms with Crippen molar-refractivity contribution >= 4 is 23.2 Å². The van der Waals surface area contributed by atoms with Gasteiger partial charge in [-0.25, -0.2) is 0 Å². The summed E-state index contributed by atoms with van der Waals surface area (Å²) >= 11 is 6.00. The number of hydrogen-bond acceptors (Lipinski definition) is 3. The Labute approximate surface area is 118 Å². The summed E-state index contributed by atoms with van der Waals surface area (Å²) in [5.74, 6) is -0.479. The van der Waals surface area contributed by atoms with Crippen LogP contribution in [0, 0.1) is 24.2 Å². The van der Waals surface area contributed by atoms with Gasteiger partial charge in [-0.1, -0.05) is 24.9 Å². The number of nitrogens with one attached hydrogen (secondary N) is 1. The number of hydrogen-bond donors (Lipinski definition) is 1. The Bertz CT molecular complexity index is 509. The summed E-state index contributed by atoms with van der Waals surface area (Å²) in [4.78, 5) is 12.0. The lowest BCUT2D eigenvalue weighted by molar-refractivity contribution is -0.118. The smallest absolute Gasteiger partial charge is 0.241 e. The lowest BCUT2D eigenvalue weighted by Gasteiger charge is -2.14. The summed E-state index contributed by atoms with van der Waals surface area (Å²) in [6.45, 7) is 3.77. The maximum absolute atomic E-state index is 12.0. The van der Waals surface area contributed by atoms with Gasteiger partial charge in [0.1, 0.15) is 11.7 Å². The molecule has 0 radical (unpaired) electrons. The van der Waals surface area contributed by atoms with E-state index in [1.807, 2.05) is 19.9 Å². The van der Waals surface area contributed by atoms with Crippen LogP contribution in [0.4, 0.5) is 5.69 Å². The van der Waals surface area contributed by atoms with Gasteiger partial charge in [-0.2, -0.15) is 5.26 Å². The quantitative estimate of drug-likeness (QED) is 0.897. The molecule has 0 fully saturated rings. The normalized spacial score (nSPS) is 11.5. The predicted octanol–water partition coefficient (Wildman–Crippen LogP) is 3.54. The third-order valence-corrected chi connectivity index (χ3v) is 3.20. The number of aryl methyl sites for hydroxylation is 1. The number of rotatable bonds is 5. The van der Waals surface area contributed by atoms with E-state index in [1.165, 1.54) is 7.11 Å². The average Bonchev–Trinajstić information content (AvgIpc) is 2.39. The summed E-state index contributed by atoms with van der Waals surface area (Å²) in [5, 5.41) is 12.3. The average molecular weight is 281 g/mol. The topological polar surface area (TPSA) is 62.1 Å². The largest absolute Gasteiger partial charge is 0.495 e. The molecule has 0 aliphatic carbocycles. The molecule has 0 saturated heterocycles. The maximum atomic E-state index is 12.0. The minimum atomic E-state index is -0.648. The van der Waals surface area contributed by atoms with Gasteiger partial charge in [-0.15, -0.1) is 0 Å². The van der Waals surface area contributed by atoms with E-state index in [0.29, 0.717) is 22.9 Å². The molecule has 1 amide bonds. The minimum absolute atomic E-state index is 0.315. The van der Waals surface area contributed by atoms with Gasteiger partial charge in [0.2, 0.25) is 5.91 Å². The molecule has 0 aliphatic heterocycles. The van der Waals surface area contributed by atoms with Gasteiger partial charge in [0, 0.05) is 11.1 Å². The Hall–Kier alpha value is -1.73. The van der Waals surface area contributed by atoms with E-state index in [1.54, 1.807) is 12.1 Å². The summed E-state index contributed by atoms with van der Waals surface area (Å²) in [7, 11) is 1.50. The Balaban J connectivity index is 2.96. The molecule has 0 aromatic heterocycles. The molecule has 1 rings (SSSR count). The Morgan fingerprint density at radius 2 is 2.26 bits per heavy atom. The van der Waals surface area contributed by atoms with E-state index in [9.17, 15) is 4.79 Å². The van der Waals surface area contributed by atoms with Crippen LogP contribution in [0.25, 0.3) is 0 Å². The number of carbonyl (C=O) groups excluding carboxylic acids is 1. The number of amides is 1. The first-order valence-electron chi connectivity index (χ1n) is 6.08. The second-order valence-electron chi connectivity index (χ2n) is 4.26. The van der Waals surface area contributed by atoms with Crippen LogP contribution in [0.15, 0.2) is 12.1 Å². The maximum Gasteiger partial charge on any atom is 0.241 e. The molecule has 1 aromatic rings. The third kappa shape index (κ3) is 3.87. The van der Waals surface area contributed by atoms with Crippen molar-refractivity contribution in [2.45, 2.75) is 26.7 Å². The van der Waals surface area contributed by atoms with E-state index < -0.39 is 5.92 Å². The van der Waals surface area contributed by atoms with E-state index >= 15 is 0 Å². The monoisotopic (exact) mass is 280 g/mol. The Morgan fingerprint density at radius 1 is 1.58 bits per heavy atom. The van der Waals surface area contributed by atoms with Crippen LogP contribution in [-0.2, 0) is 4.79 Å². The molecule has 1 N–H and O–H groups in total. The van der Waals surface area contributed by atoms with E-state index in [0.717, 1.165) is 12.0 Å². The standard InChI is InChI=1S/C14H17ClN2O2/c1-4-5-10(8-16)14(18)17-12-6-9(2)11(15)7-13(12)19-3/h6-7,10H,4-5H2,1-3H3,(H,17,18). The van der Waals surface area contributed by atoms with Crippen molar-refractivity contribution in [3.05, 3.63) is 22.7 Å². The van der Waals surface area contributed by atoms with E-state index in [4.69, 9.17) is 21.6 Å². The highest BCUT2D eigenvalue weighted by atomic mass is 35.5. The number of benzene rings is 1. The van der Waals surface area contributed by atoms with Crippen LogP contribution in [0.2, 0.25) is 5.02 Å². The molecule has 0 heterocycles. The molecule has 1 atom stereocenters. The molecule has 19 heavy (non-hydrogen) atoms. The number of anilines is 1. The molecule has 0 spiro atoms. The number of methoxy groups -OCH3 is 1. The first-order chi connectivity index (χ1) is 9.03. The Kier molecular flexibility index (Phi) is 5.65. The highest BCUT2D eigenvalue weighted by Crippen LogP contribution is 2.31. The summed E-state index contributed by atoms with van der Waals surface area (Å²) < 4.78 is 5.17. The molecule has 1 unspecified atom stereocenters. The predicted molar refractivity (Wildman–Crippen MR) is 75.4 cm³/mol. The molecular formula is C14H17ClN2O2. The SMILES string of the molecule is CCCC(C#N)C(=O)Nc1cc(C)c(Cl)cc1OC. The summed E-state index contributed by atoms with van der Waals surface area (Å²) in [5.41, 5.74) is 1.37. The molecule has 0 aliphatic rings. The highest BCUT2D eigenvalue weighted by molar-refractivity contribution is 6.31. The van der Waals surface area contributed by atoms with Gasteiger partial charge in [0.25, 0.3) is 0 Å². The summed E-state index contributed by atoms with van der Waals surface area (Å²) in [6, 6.07) is 5.39. The van der Waals surface area contributed by atoms with Gasteiger partial charge >= 0.3 is 0 Å². The number of nitriles is 1. The van der Waals surface area contributed by atoms with Gasteiger partial charge in [-0.05, 0) is 25.0 Å². The van der Waals surface area contributed by atoms with Crippen LogP contribution in [0.5, 0.6) is 5.75 Å². The van der Waals surface area contributed by atoms with Crippen molar-refractivity contribution in [2.75, 3.05) is 12.4 Å². The van der Waals surface area contributed by atoms with Gasteiger partial charge in [-0.3, -0.25) is 4.79 Å². The van der Waals surface area contributed by atoms with Gasteiger partial charge < -0.3 is 10.1 Å². The van der Waals surface area contributed by atoms with Crippen LogP contribution >= 0.6 is 11.6 Å². The number of ether oxygens (including phenoxy) is 1. The molecular weight excluding hydrogens is 264 g/mol. The minimum Gasteiger partial charge on any atom is -0.495 e. The van der Waals surface area contributed by atoms with Crippen LogP contribution in [0.1, 0.15) is 25.3 Å². The van der Waals surface area contributed by atoms with E-state index in [-0.39, 0.29) is 5.91 Å².